The molecule has 5 rings (SSSR count). The first-order valence-corrected chi connectivity index (χ1v) is 10.4. The first kappa shape index (κ1) is 19.2. The van der Waals surface area contributed by atoms with Gasteiger partial charge in [-0.1, -0.05) is 23.7 Å². The molecule has 1 aromatic carbocycles. The van der Waals surface area contributed by atoms with Gasteiger partial charge in [-0.3, -0.25) is 0 Å². The molecule has 30 heavy (non-hydrogen) atoms. The highest BCUT2D eigenvalue weighted by molar-refractivity contribution is 6.33. The quantitative estimate of drug-likeness (QED) is 0.435. The summed E-state index contributed by atoms with van der Waals surface area (Å²) >= 11 is 6.15. The lowest BCUT2D eigenvalue weighted by Gasteiger charge is -2.19. The molecule has 0 amide bonds. The minimum atomic E-state index is -0.864. The van der Waals surface area contributed by atoms with Gasteiger partial charge < -0.3 is 20.5 Å². The van der Waals surface area contributed by atoms with Gasteiger partial charge in [0.1, 0.15) is 29.0 Å². The van der Waals surface area contributed by atoms with Crippen LogP contribution < -0.4 is 5.73 Å². The fraction of sp³-hybridized carbons (Fsp3) is 0.318. The minimum absolute atomic E-state index is 0.0238. The van der Waals surface area contributed by atoms with Gasteiger partial charge in [0, 0.05) is 11.6 Å². The van der Waals surface area contributed by atoms with Crippen LogP contribution in [0.3, 0.4) is 0 Å². The van der Waals surface area contributed by atoms with Crippen molar-refractivity contribution in [3.63, 3.8) is 0 Å². The van der Waals surface area contributed by atoms with E-state index < -0.39 is 12.2 Å². The fourth-order valence-corrected chi connectivity index (χ4v) is 4.75. The van der Waals surface area contributed by atoms with Crippen molar-refractivity contribution in [2.45, 2.75) is 37.5 Å². The Balaban J connectivity index is 1.34. The Kier molecular flexibility index (Phi) is 4.81. The molecule has 1 saturated carbocycles. The number of pyridine rings is 1. The number of aryl methyl sites for hydroxylation is 1. The average Bonchev–Trinajstić information content (AvgIpc) is 3.29. The van der Waals surface area contributed by atoms with E-state index in [0.29, 0.717) is 23.0 Å². The monoisotopic (exact) mass is 423 g/mol. The van der Waals surface area contributed by atoms with Crippen LogP contribution >= 0.6 is 11.6 Å². The van der Waals surface area contributed by atoms with E-state index in [-0.39, 0.29) is 12.0 Å². The van der Waals surface area contributed by atoms with Gasteiger partial charge in [0.25, 0.3) is 0 Å². The first-order chi connectivity index (χ1) is 14.5. The lowest BCUT2D eigenvalue weighted by Crippen LogP contribution is -2.29. The number of aliphatic hydroxyl groups is 2. The maximum absolute atomic E-state index is 10.7. The first-order valence-electron chi connectivity index (χ1n) is 9.99. The van der Waals surface area contributed by atoms with E-state index >= 15 is 0 Å². The summed E-state index contributed by atoms with van der Waals surface area (Å²) in [5.41, 5.74) is 8.48. The molecule has 0 radical (unpaired) electrons. The number of aromatic nitrogens is 4. The maximum Gasteiger partial charge on any atom is 0.145 e. The highest BCUT2D eigenvalue weighted by Crippen LogP contribution is 2.39. The van der Waals surface area contributed by atoms with Crippen molar-refractivity contribution < 1.29 is 10.2 Å². The molecule has 3 aromatic heterocycles. The van der Waals surface area contributed by atoms with E-state index in [1.807, 2.05) is 35.0 Å². The number of nitrogens with zero attached hydrogens (tertiary/aromatic N) is 4. The second-order valence-electron chi connectivity index (χ2n) is 7.97. The maximum atomic E-state index is 10.7. The Hall–Kier alpha value is -2.74. The third-order valence-electron chi connectivity index (χ3n) is 6.17. The number of anilines is 1. The predicted molar refractivity (Wildman–Crippen MR) is 116 cm³/mol. The zero-order valence-corrected chi connectivity index (χ0v) is 16.9. The summed E-state index contributed by atoms with van der Waals surface area (Å²) in [5.74, 6) is 0.476. The largest absolute Gasteiger partial charge is 0.390 e. The number of nitrogens with two attached hydrogens (primary N) is 1. The van der Waals surface area contributed by atoms with Crippen molar-refractivity contribution >= 4 is 39.4 Å². The van der Waals surface area contributed by atoms with Gasteiger partial charge in [0.15, 0.2) is 0 Å². The van der Waals surface area contributed by atoms with Crippen molar-refractivity contribution in [2.24, 2.45) is 5.92 Å². The Labute approximate surface area is 178 Å². The molecular weight excluding hydrogens is 402 g/mol. The molecule has 0 unspecified atom stereocenters. The Bertz CT molecular complexity index is 1230. The van der Waals surface area contributed by atoms with Gasteiger partial charge in [0.2, 0.25) is 0 Å². The number of nitrogen functional groups attached to an aromatic ring is 1. The normalized spacial score (nSPS) is 24.1. The van der Waals surface area contributed by atoms with Crippen LogP contribution in [-0.2, 0) is 6.42 Å². The van der Waals surface area contributed by atoms with E-state index in [0.717, 1.165) is 34.7 Å². The number of benzene rings is 1. The molecule has 154 valence electrons. The summed E-state index contributed by atoms with van der Waals surface area (Å²) < 4.78 is 1.90. The van der Waals surface area contributed by atoms with Crippen LogP contribution in [0.25, 0.3) is 21.9 Å². The molecule has 4 atom stereocenters. The zero-order valence-electron chi connectivity index (χ0n) is 16.2. The van der Waals surface area contributed by atoms with Gasteiger partial charge in [0.05, 0.1) is 23.0 Å². The number of hydrogen-bond acceptors (Lipinski definition) is 6. The second kappa shape index (κ2) is 7.50. The smallest absolute Gasteiger partial charge is 0.145 e. The molecule has 0 aliphatic heterocycles. The lowest BCUT2D eigenvalue weighted by atomic mass is 9.95. The molecule has 0 saturated heterocycles. The van der Waals surface area contributed by atoms with Gasteiger partial charge in [-0.25, -0.2) is 15.0 Å². The number of hydrogen-bond donors (Lipinski definition) is 3. The zero-order chi connectivity index (χ0) is 20.8. The van der Waals surface area contributed by atoms with Crippen molar-refractivity contribution in [3.05, 3.63) is 59.6 Å². The third kappa shape index (κ3) is 3.29. The van der Waals surface area contributed by atoms with Crippen LogP contribution in [0.5, 0.6) is 0 Å². The summed E-state index contributed by atoms with van der Waals surface area (Å²) in [5, 5.41) is 23.6. The fourth-order valence-electron chi connectivity index (χ4n) is 4.56. The van der Waals surface area contributed by atoms with Gasteiger partial charge in [-0.15, -0.1) is 0 Å². The molecule has 0 spiro atoms. The van der Waals surface area contributed by atoms with Crippen LogP contribution in [0, 0.1) is 5.92 Å². The highest BCUT2D eigenvalue weighted by atomic mass is 35.5. The van der Waals surface area contributed by atoms with Gasteiger partial charge >= 0.3 is 0 Å². The molecule has 8 heteroatoms. The van der Waals surface area contributed by atoms with Crippen LogP contribution in [0.2, 0.25) is 5.15 Å². The van der Waals surface area contributed by atoms with E-state index in [1.54, 1.807) is 6.07 Å². The second-order valence-corrected chi connectivity index (χ2v) is 8.33. The molecule has 1 aliphatic rings. The van der Waals surface area contributed by atoms with Gasteiger partial charge in [-0.05, 0) is 55.0 Å². The van der Waals surface area contributed by atoms with Crippen molar-refractivity contribution in [2.75, 3.05) is 5.73 Å². The lowest BCUT2D eigenvalue weighted by molar-refractivity contribution is 0.00545. The van der Waals surface area contributed by atoms with Crippen LogP contribution in [-0.4, -0.2) is 41.9 Å². The number of aliphatic hydroxyl groups excluding tert-OH is 2. The third-order valence-corrected chi connectivity index (χ3v) is 6.47. The summed E-state index contributed by atoms with van der Waals surface area (Å²) in [6, 6.07) is 11.5. The van der Waals surface area contributed by atoms with Crippen LogP contribution in [0.15, 0.2) is 48.9 Å². The van der Waals surface area contributed by atoms with E-state index in [9.17, 15) is 10.2 Å². The topological polar surface area (TPSA) is 110 Å². The molecule has 4 aromatic rings. The molecule has 4 N–H and O–H groups in total. The molecule has 1 fully saturated rings. The predicted octanol–water partition coefficient (Wildman–Crippen LogP) is 3.13. The van der Waals surface area contributed by atoms with Crippen molar-refractivity contribution in [1.82, 2.24) is 19.5 Å². The summed E-state index contributed by atoms with van der Waals surface area (Å²) in [7, 11) is 0. The van der Waals surface area contributed by atoms with Crippen molar-refractivity contribution in [3.8, 4) is 0 Å². The van der Waals surface area contributed by atoms with Crippen molar-refractivity contribution in [1.29, 1.82) is 0 Å². The highest BCUT2D eigenvalue weighted by Gasteiger charge is 2.42. The SMILES string of the molecule is Nc1ccc2ccc(CC[C@H]3C[C@@H](n4ccc5c(Cl)ncnc54)[C@H](O)[C@@H]3O)cc2n1. The number of fused-ring (bicyclic) bond motifs is 2. The average molecular weight is 424 g/mol. The molecule has 1 aliphatic carbocycles. The molecule has 0 bridgehead atoms. The minimum Gasteiger partial charge on any atom is -0.390 e. The van der Waals surface area contributed by atoms with E-state index in [4.69, 9.17) is 17.3 Å². The van der Waals surface area contributed by atoms with Crippen LogP contribution in [0.4, 0.5) is 5.82 Å². The molecular formula is C22H22ClN5O2. The van der Waals surface area contributed by atoms with Crippen LogP contribution in [0.1, 0.15) is 24.4 Å². The Morgan fingerprint density at radius 2 is 1.93 bits per heavy atom. The number of rotatable bonds is 4. The molecule has 3 heterocycles. The Morgan fingerprint density at radius 3 is 2.80 bits per heavy atom. The van der Waals surface area contributed by atoms with Gasteiger partial charge in [-0.2, -0.15) is 0 Å². The Morgan fingerprint density at radius 1 is 1.10 bits per heavy atom. The summed E-state index contributed by atoms with van der Waals surface area (Å²) in [4.78, 5) is 12.7. The summed E-state index contributed by atoms with van der Waals surface area (Å²) in [6.45, 7) is 0. The molecule has 7 nitrogen and oxygen atoms in total. The van der Waals surface area contributed by atoms with E-state index in [2.05, 4.69) is 21.0 Å². The standard InChI is InChI=1S/C22H22ClN5O2/c23-21-15-7-8-28(22(15)26-11-25-21)17-10-14(19(29)20(17)30)4-2-12-1-3-13-5-6-18(24)27-16(13)9-12/h1,3,5-9,11,14,17,19-20,29-30H,2,4,10H2,(H2,24,27)/t14-,17+,19+,20-/m0/s1. The summed E-state index contributed by atoms with van der Waals surface area (Å²) in [6.07, 6.45) is 3.82. The van der Waals surface area contributed by atoms with E-state index in [1.165, 1.54) is 6.33 Å². The number of halogens is 1.